The summed E-state index contributed by atoms with van der Waals surface area (Å²) in [6.45, 7) is 0. The van der Waals surface area contributed by atoms with Crippen LogP contribution in [0.4, 0.5) is 11.5 Å². The molecule has 4 aromatic rings. The molecule has 0 spiro atoms. The number of pyridine rings is 2. The molecular formula is C23H17N3. The SMILES string of the molecule is C1=Cc2cc(Nc3nc(-c4ccncc4)cc4ccccc34)ccc2C1. The van der Waals surface area contributed by atoms with Crippen LogP contribution < -0.4 is 5.32 Å². The highest BCUT2D eigenvalue weighted by atomic mass is 15.0. The van der Waals surface area contributed by atoms with Crippen molar-refractivity contribution in [2.75, 3.05) is 5.32 Å². The van der Waals surface area contributed by atoms with E-state index in [0.717, 1.165) is 40.0 Å². The van der Waals surface area contributed by atoms with E-state index in [1.165, 1.54) is 11.1 Å². The van der Waals surface area contributed by atoms with Gasteiger partial charge >= 0.3 is 0 Å². The quantitative estimate of drug-likeness (QED) is 0.529. The molecule has 1 N–H and O–H groups in total. The zero-order valence-corrected chi connectivity index (χ0v) is 14.2. The number of hydrogen-bond acceptors (Lipinski definition) is 3. The third-order valence-electron chi connectivity index (χ3n) is 4.76. The summed E-state index contributed by atoms with van der Waals surface area (Å²) in [6.07, 6.45) is 9.00. The van der Waals surface area contributed by atoms with E-state index in [0.29, 0.717) is 0 Å². The lowest BCUT2D eigenvalue weighted by molar-refractivity contribution is 1.29. The summed E-state index contributed by atoms with van der Waals surface area (Å²) in [6, 6.07) is 20.9. The molecule has 0 aliphatic heterocycles. The molecule has 2 aromatic heterocycles. The molecule has 0 amide bonds. The normalized spacial score (nSPS) is 12.3. The minimum atomic E-state index is 0.872. The average molecular weight is 335 g/mol. The van der Waals surface area contributed by atoms with Crippen LogP contribution in [0, 0.1) is 0 Å². The molecule has 1 aliphatic carbocycles. The fourth-order valence-electron chi connectivity index (χ4n) is 3.43. The van der Waals surface area contributed by atoms with Gasteiger partial charge in [0.1, 0.15) is 5.82 Å². The third kappa shape index (κ3) is 2.64. The summed E-state index contributed by atoms with van der Waals surface area (Å²) in [5.41, 5.74) is 5.71. The zero-order chi connectivity index (χ0) is 17.3. The van der Waals surface area contributed by atoms with Crippen LogP contribution in [0.3, 0.4) is 0 Å². The van der Waals surface area contributed by atoms with Gasteiger partial charge in [0.15, 0.2) is 0 Å². The highest BCUT2D eigenvalue weighted by Crippen LogP contribution is 2.31. The van der Waals surface area contributed by atoms with E-state index in [1.807, 2.05) is 18.2 Å². The molecule has 0 fully saturated rings. The molecule has 2 aromatic carbocycles. The number of aromatic nitrogens is 2. The van der Waals surface area contributed by atoms with Crippen LogP contribution in [-0.4, -0.2) is 9.97 Å². The van der Waals surface area contributed by atoms with Gasteiger partial charge in [0, 0.05) is 29.0 Å². The van der Waals surface area contributed by atoms with E-state index in [9.17, 15) is 0 Å². The topological polar surface area (TPSA) is 37.8 Å². The first-order valence-electron chi connectivity index (χ1n) is 8.73. The van der Waals surface area contributed by atoms with E-state index in [-0.39, 0.29) is 0 Å². The van der Waals surface area contributed by atoms with Crippen molar-refractivity contribution in [1.82, 2.24) is 9.97 Å². The zero-order valence-electron chi connectivity index (χ0n) is 14.2. The minimum absolute atomic E-state index is 0.872. The van der Waals surface area contributed by atoms with Gasteiger partial charge in [-0.05, 0) is 53.3 Å². The van der Waals surface area contributed by atoms with Crippen molar-refractivity contribution in [1.29, 1.82) is 0 Å². The van der Waals surface area contributed by atoms with Crippen molar-refractivity contribution >= 4 is 28.4 Å². The smallest absolute Gasteiger partial charge is 0.138 e. The Balaban J connectivity index is 1.63. The molecule has 0 saturated heterocycles. The minimum Gasteiger partial charge on any atom is -0.340 e. The molecule has 0 bridgehead atoms. The van der Waals surface area contributed by atoms with Crippen molar-refractivity contribution in [2.45, 2.75) is 6.42 Å². The van der Waals surface area contributed by atoms with Crippen LogP contribution in [0.2, 0.25) is 0 Å². The molecule has 0 unspecified atom stereocenters. The van der Waals surface area contributed by atoms with E-state index < -0.39 is 0 Å². The van der Waals surface area contributed by atoms with Gasteiger partial charge in [-0.3, -0.25) is 4.98 Å². The fraction of sp³-hybridized carbons (Fsp3) is 0.0435. The molecular weight excluding hydrogens is 318 g/mol. The number of benzene rings is 2. The maximum atomic E-state index is 4.90. The Labute approximate surface area is 152 Å². The molecule has 0 radical (unpaired) electrons. The Morgan fingerprint density at radius 1 is 0.885 bits per heavy atom. The van der Waals surface area contributed by atoms with Crippen LogP contribution in [0.15, 0.2) is 79.1 Å². The second-order valence-electron chi connectivity index (χ2n) is 6.46. The Morgan fingerprint density at radius 2 is 1.77 bits per heavy atom. The van der Waals surface area contributed by atoms with E-state index in [2.05, 4.69) is 64.9 Å². The van der Waals surface area contributed by atoms with E-state index >= 15 is 0 Å². The molecule has 26 heavy (non-hydrogen) atoms. The molecule has 3 heteroatoms. The van der Waals surface area contributed by atoms with Gasteiger partial charge in [-0.15, -0.1) is 0 Å². The van der Waals surface area contributed by atoms with Crippen LogP contribution in [0.25, 0.3) is 28.1 Å². The second kappa shape index (κ2) is 6.12. The highest BCUT2D eigenvalue weighted by molar-refractivity contribution is 5.96. The van der Waals surface area contributed by atoms with Gasteiger partial charge in [-0.25, -0.2) is 4.98 Å². The molecule has 0 atom stereocenters. The van der Waals surface area contributed by atoms with Crippen molar-refractivity contribution in [2.24, 2.45) is 0 Å². The second-order valence-corrected chi connectivity index (χ2v) is 6.46. The molecule has 3 nitrogen and oxygen atoms in total. The number of rotatable bonds is 3. The summed E-state index contributed by atoms with van der Waals surface area (Å²) in [5, 5.41) is 5.80. The first-order valence-corrected chi connectivity index (χ1v) is 8.73. The molecule has 2 heterocycles. The molecule has 0 saturated carbocycles. The fourth-order valence-corrected chi connectivity index (χ4v) is 3.43. The largest absolute Gasteiger partial charge is 0.340 e. The molecule has 1 aliphatic rings. The van der Waals surface area contributed by atoms with E-state index in [4.69, 9.17) is 4.98 Å². The number of anilines is 2. The summed E-state index contributed by atoms with van der Waals surface area (Å²) in [5.74, 6) is 0.872. The predicted octanol–water partition coefficient (Wildman–Crippen LogP) is 5.61. The van der Waals surface area contributed by atoms with Crippen molar-refractivity contribution in [3.8, 4) is 11.3 Å². The summed E-state index contributed by atoms with van der Waals surface area (Å²) in [4.78, 5) is 9.01. The lowest BCUT2D eigenvalue weighted by Crippen LogP contribution is -1.97. The standard InChI is InChI=1S/C23H17N3/c1-2-7-21-19(4-1)15-22(17-10-12-24-13-11-17)26-23(21)25-20-9-8-16-5-3-6-18(16)14-20/h1-4,6-15H,5H2,(H,25,26). The Bertz CT molecular complexity index is 1130. The number of allylic oxidation sites excluding steroid dienone is 1. The van der Waals surface area contributed by atoms with Gasteiger partial charge in [0.2, 0.25) is 0 Å². The van der Waals surface area contributed by atoms with Crippen LogP contribution in [0.1, 0.15) is 11.1 Å². The summed E-state index contributed by atoms with van der Waals surface area (Å²) >= 11 is 0. The maximum Gasteiger partial charge on any atom is 0.138 e. The lowest BCUT2D eigenvalue weighted by Gasteiger charge is -2.13. The number of nitrogens with zero attached hydrogens (tertiary/aromatic N) is 2. The lowest BCUT2D eigenvalue weighted by atomic mass is 10.1. The van der Waals surface area contributed by atoms with Gasteiger partial charge in [0.05, 0.1) is 5.69 Å². The number of hydrogen-bond donors (Lipinski definition) is 1. The van der Waals surface area contributed by atoms with Gasteiger partial charge in [-0.2, -0.15) is 0 Å². The average Bonchev–Trinajstić information content (AvgIpc) is 3.16. The molecule has 5 rings (SSSR count). The first-order chi connectivity index (χ1) is 12.9. The van der Waals surface area contributed by atoms with Crippen molar-refractivity contribution in [3.05, 3.63) is 90.3 Å². The number of nitrogens with one attached hydrogen (secondary N) is 1. The Kier molecular flexibility index (Phi) is 3.49. The first kappa shape index (κ1) is 14.8. The van der Waals surface area contributed by atoms with Crippen LogP contribution in [0.5, 0.6) is 0 Å². The highest BCUT2D eigenvalue weighted by Gasteiger charge is 2.10. The predicted molar refractivity (Wildman–Crippen MR) is 107 cm³/mol. The Hall–Kier alpha value is -3.46. The van der Waals surface area contributed by atoms with Gasteiger partial charge in [0.25, 0.3) is 0 Å². The summed E-state index contributed by atoms with van der Waals surface area (Å²) in [7, 11) is 0. The third-order valence-corrected chi connectivity index (χ3v) is 4.76. The van der Waals surface area contributed by atoms with Gasteiger partial charge < -0.3 is 5.32 Å². The van der Waals surface area contributed by atoms with Gasteiger partial charge in [-0.1, -0.05) is 42.5 Å². The maximum absolute atomic E-state index is 4.90. The molecule has 124 valence electrons. The van der Waals surface area contributed by atoms with E-state index in [1.54, 1.807) is 12.4 Å². The summed E-state index contributed by atoms with van der Waals surface area (Å²) < 4.78 is 0. The monoisotopic (exact) mass is 335 g/mol. The van der Waals surface area contributed by atoms with Crippen molar-refractivity contribution < 1.29 is 0 Å². The Morgan fingerprint density at radius 3 is 2.69 bits per heavy atom. The van der Waals surface area contributed by atoms with Crippen molar-refractivity contribution in [3.63, 3.8) is 0 Å². The van der Waals surface area contributed by atoms with Crippen LogP contribution >= 0.6 is 0 Å². The van der Waals surface area contributed by atoms with Crippen LogP contribution in [-0.2, 0) is 6.42 Å². The number of fused-ring (bicyclic) bond motifs is 2.